The SMILES string of the molecule is C[C@@H]1C[C@@H]2OC(=O)CCC/C=C\C[C@@H]2[C@H]1/C=C/[C@H](COc1cccc(C(F)(F)F)c1)OPP. The van der Waals surface area contributed by atoms with E-state index in [1.807, 2.05) is 6.08 Å². The van der Waals surface area contributed by atoms with Crippen molar-refractivity contribution in [3.05, 3.63) is 54.1 Å². The average molecular weight is 502 g/mol. The quantitative estimate of drug-likeness (QED) is 0.236. The Balaban J connectivity index is 1.67. The first kappa shape index (κ1) is 26.2. The summed E-state index contributed by atoms with van der Waals surface area (Å²) in [7, 11) is 2.64. The minimum atomic E-state index is -4.42. The van der Waals surface area contributed by atoms with E-state index in [1.165, 1.54) is 12.1 Å². The molecular weight excluding hydrogens is 471 g/mol. The Morgan fingerprint density at radius 3 is 2.91 bits per heavy atom. The summed E-state index contributed by atoms with van der Waals surface area (Å²) >= 11 is 0. The van der Waals surface area contributed by atoms with Crippen LogP contribution in [0.4, 0.5) is 13.2 Å². The van der Waals surface area contributed by atoms with Gasteiger partial charge in [0.2, 0.25) is 0 Å². The minimum absolute atomic E-state index is 0.100. The van der Waals surface area contributed by atoms with Crippen molar-refractivity contribution >= 4 is 23.4 Å². The highest BCUT2D eigenvalue weighted by Crippen LogP contribution is 2.42. The zero-order valence-electron chi connectivity index (χ0n) is 18.6. The second-order valence-corrected chi connectivity index (χ2v) is 9.76. The highest BCUT2D eigenvalue weighted by molar-refractivity contribution is 8.00. The van der Waals surface area contributed by atoms with E-state index >= 15 is 0 Å². The van der Waals surface area contributed by atoms with Gasteiger partial charge >= 0.3 is 12.1 Å². The van der Waals surface area contributed by atoms with Crippen molar-refractivity contribution in [1.82, 2.24) is 0 Å². The Bertz CT molecular complexity index is 843. The Labute approximate surface area is 197 Å². The smallest absolute Gasteiger partial charge is 0.416 e. The largest absolute Gasteiger partial charge is 0.491 e. The monoisotopic (exact) mass is 502 g/mol. The standard InChI is InChI=1S/C24H31F3O4P2/c1-16-13-22-21(9-4-2-3-5-10-23(28)30-22)20(16)12-11-19(31-33-32)15-29-18-8-6-7-17(14-18)24(25,26)27/h2,4,6-8,11-12,14,16,19-22,33H,3,5,9-10,13,15,32H2,1H3/b4-2-,12-11+/t16-,19-,20+,21-,22+/m1/s1. The third-order valence-corrected chi connectivity index (χ3v) is 7.03. The first-order valence-electron chi connectivity index (χ1n) is 11.2. The summed E-state index contributed by atoms with van der Waals surface area (Å²) < 4.78 is 56.0. The number of esters is 1. The molecule has 1 saturated carbocycles. The maximum atomic E-state index is 13.0. The van der Waals surface area contributed by atoms with Crippen molar-refractivity contribution in [2.24, 2.45) is 17.8 Å². The van der Waals surface area contributed by atoms with Crippen molar-refractivity contribution in [3.63, 3.8) is 0 Å². The van der Waals surface area contributed by atoms with Crippen LogP contribution in [-0.4, -0.2) is 24.8 Å². The van der Waals surface area contributed by atoms with Gasteiger partial charge in [-0.25, -0.2) is 0 Å². The maximum absolute atomic E-state index is 13.0. The zero-order chi connectivity index (χ0) is 23.8. The molecule has 2 aliphatic rings. The number of fused-ring (bicyclic) bond motifs is 1. The fraction of sp³-hybridized carbons (Fsp3) is 0.542. The Morgan fingerprint density at radius 2 is 2.15 bits per heavy atom. The molecule has 0 bridgehead atoms. The lowest BCUT2D eigenvalue weighted by molar-refractivity contribution is -0.151. The maximum Gasteiger partial charge on any atom is 0.416 e. The van der Waals surface area contributed by atoms with Crippen LogP contribution >= 0.6 is 17.4 Å². The molecule has 1 aromatic carbocycles. The number of hydrogen-bond donors (Lipinski definition) is 0. The van der Waals surface area contributed by atoms with E-state index < -0.39 is 17.8 Å². The van der Waals surface area contributed by atoms with Gasteiger partial charge in [0.15, 0.2) is 0 Å². The van der Waals surface area contributed by atoms with Crippen LogP contribution in [0.3, 0.4) is 0 Å². The van der Waals surface area contributed by atoms with Crippen LogP contribution in [0, 0.1) is 17.8 Å². The summed E-state index contributed by atoms with van der Waals surface area (Å²) in [5.74, 6) is 0.758. The molecule has 9 heteroatoms. The average Bonchev–Trinajstić information content (AvgIpc) is 3.06. The van der Waals surface area contributed by atoms with E-state index in [-0.39, 0.29) is 44.8 Å². The highest BCUT2D eigenvalue weighted by atomic mass is 32.0. The molecule has 33 heavy (non-hydrogen) atoms. The Kier molecular flexibility index (Phi) is 9.79. The molecular formula is C24H31F3O4P2. The zero-order valence-corrected chi connectivity index (χ0v) is 20.7. The lowest BCUT2D eigenvalue weighted by Crippen LogP contribution is -2.25. The molecule has 1 aromatic rings. The van der Waals surface area contributed by atoms with Gasteiger partial charge in [0.1, 0.15) is 24.6 Å². The van der Waals surface area contributed by atoms with Crippen molar-refractivity contribution < 1.29 is 32.0 Å². The van der Waals surface area contributed by atoms with Crippen LogP contribution in [0.25, 0.3) is 0 Å². The molecule has 0 saturated heterocycles. The topological polar surface area (TPSA) is 44.8 Å². The number of hydrogen-bond acceptors (Lipinski definition) is 4. The number of carbonyl (C=O) groups is 1. The van der Waals surface area contributed by atoms with E-state index in [4.69, 9.17) is 14.0 Å². The van der Waals surface area contributed by atoms with E-state index in [9.17, 15) is 18.0 Å². The van der Waals surface area contributed by atoms with Gasteiger partial charge in [-0.05, 0) is 55.7 Å². The summed E-state index contributed by atoms with van der Waals surface area (Å²) in [6.07, 6.45) is 7.23. The number of ether oxygens (including phenoxy) is 2. The van der Waals surface area contributed by atoms with Crippen molar-refractivity contribution in [2.45, 2.75) is 57.4 Å². The van der Waals surface area contributed by atoms with E-state index in [0.717, 1.165) is 37.8 Å². The molecule has 0 spiro atoms. The number of halogens is 3. The first-order valence-corrected chi connectivity index (χ1v) is 13.9. The first-order chi connectivity index (χ1) is 15.8. The number of rotatable bonds is 7. The molecule has 1 aliphatic heterocycles. The normalized spacial score (nSPS) is 28.6. The summed E-state index contributed by atoms with van der Waals surface area (Å²) in [6, 6.07) is 4.84. The molecule has 182 valence electrons. The van der Waals surface area contributed by atoms with Crippen LogP contribution < -0.4 is 4.74 Å². The van der Waals surface area contributed by atoms with Gasteiger partial charge in [0, 0.05) is 20.8 Å². The van der Waals surface area contributed by atoms with Gasteiger partial charge in [0.05, 0.1) is 5.56 Å². The molecule has 7 atom stereocenters. The molecule has 3 rings (SSSR count). The molecule has 2 unspecified atom stereocenters. The molecule has 1 aliphatic carbocycles. The number of alkyl halides is 3. The molecule has 0 amide bonds. The van der Waals surface area contributed by atoms with Gasteiger partial charge in [-0.1, -0.05) is 46.2 Å². The van der Waals surface area contributed by atoms with Crippen molar-refractivity contribution in [2.75, 3.05) is 6.61 Å². The molecule has 0 radical (unpaired) electrons. The van der Waals surface area contributed by atoms with Crippen LogP contribution in [0.5, 0.6) is 5.75 Å². The van der Waals surface area contributed by atoms with Gasteiger partial charge < -0.3 is 14.0 Å². The molecule has 0 aromatic heterocycles. The lowest BCUT2D eigenvalue weighted by Gasteiger charge is -2.24. The number of benzene rings is 1. The Hall–Kier alpha value is -1.42. The molecule has 4 nitrogen and oxygen atoms in total. The van der Waals surface area contributed by atoms with Gasteiger partial charge in [-0.15, -0.1) is 0 Å². The van der Waals surface area contributed by atoms with Crippen LogP contribution in [-0.2, 0) is 20.2 Å². The number of carbonyl (C=O) groups excluding carboxylic acids is 1. The second kappa shape index (κ2) is 12.3. The summed E-state index contributed by atoms with van der Waals surface area (Å²) in [6.45, 7) is 2.26. The van der Waals surface area contributed by atoms with Gasteiger partial charge in [0.25, 0.3) is 0 Å². The van der Waals surface area contributed by atoms with Crippen molar-refractivity contribution in [3.8, 4) is 5.75 Å². The Morgan fingerprint density at radius 1 is 1.33 bits per heavy atom. The van der Waals surface area contributed by atoms with Gasteiger partial charge in [-0.3, -0.25) is 4.79 Å². The van der Waals surface area contributed by atoms with Crippen LogP contribution in [0.2, 0.25) is 0 Å². The molecule has 1 heterocycles. The second-order valence-electron chi connectivity index (χ2n) is 8.58. The predicted octanol–water partition coefficient (Wildman–Crippen LogP) is 6.72. The minimum Gasteiger partial charge on any atom is -0.491 e. The van der Waals surface area contributed by atoms with E-state index in [0.29, 0.717) is 12.3 Å². The van der Waals surface area contributed by atoms with Crippen molar-refractivity contribution in [1.29, 1.82) is 0 Å². The number of allylic oxidation sites excluding steroid dienone is 3. The fourth-order valence-electron chi connectivity index (χ4n) is 4.52. The van der Waals surface area contributed by atoms with E-state index in [2.05, 4.69) is 34.1 Å². The van der Waals surface area contributed by atoms with Crippen LogP contribution in [0.15, 0.2) is 48.6 Å². The third kappa shape index (κ3) is 7.80. The third-order valence-electron chi connectivity index (χ3n) is 6.19. The molecule has 1 fully saturated rings. The fourth-order valence-corrected chi connectivity index (χ4v) is 5.36. The summed E-state index contributed by atoms with van der Waals surface area (Å²) in [4.78, 5) is 12.1. The predicted molar refractivity (Wildman–Crippen MR) is 127 cm³/mol. The van der Waals surface area contributed by atoms with Gasteiger partial charge in [-0.2, -0.15) is 13.2 Å². The van der Waals surface area contributed by atoms with Crippen LogP contribution in [0.1, 0.15) is 44.6 Å². The lowest BCUT2D eigenvalue weighted by atomic mass is 9.86. The molecule has 0 N–H and O–H groups in total. The summed E-state index contributed by atoms with van der Waals surface area (Å²) in [5.41, 5.74) is -0.745. The summed E-state index contributed by atoms with van der Waals surface area (Å²) in [5, 5.41) is 0. The highest BCUT2D eigenvalue weighted by Gasteiger charge is 2.41. The van der Waals surface area contributed by atoms with E-state index in [1.54, 1.807) is 0 Å².